The Morgan fingerprint density at radius 3 is 2.65 bits per heavy atom. The largest absolute Gasteiger partial charge is 0.325 e. The van der Waals surface area contributed by atoms with E-state index in [9.17, 15) is 4.79 Å². The van der Waals surface area contributed by atoms with E-state index < -0.39 is 0 Å². The molecule has 0 fully saturated rings. The van der Waals surface area contributed by atoms with Gasteiger partial charge in [-0.25, -0.2) is 0 Å². The molecule has 0 aliphatic carbocycles. The molecule has 0 aliphatic rings. The lowest BCUT2D eigenvalue weighted by Crippen LogP contribution is -2.16. The number of anilines is 1. The Morgan fingerprint density at radius 2 is 1.91 bits per heavy atom. The lowest BCUT2D eigenvalue weighted by atomic mass is 10.1. The molecule has 23 heavy (non-hydrogen) atoms. The van der Waals surface area contributed by atoms with Crippen LogP contribution in [0.2, 0.25) is 0 Å². The first-order valence-electron chi connectivity index (χ1n) is 7.88. The Bertz CT molecular complexity index is 665. The number of para-hydroxylation sites is 1. The molecular formula is C20H23NOS. The third-order valence-electron chi connectivity index (χ3n) is 3.56. The van der Waals surface area contributed by atoms with Crippen LogP contribution in [0.4, 0.5) is 5.69 Å². The molecule has 2 aromatic rings. The van der Waals surface area contributed by atoms with Crippen LogP contribution in [-0.2, 0) is 11.2 Å². The van der Waals surface area contributed by atoms with E-state index in [0.717, 1.165) is 23.4 Å². The summed E-state index contributed by atoms with van der Waals surface area (Å²) in [5, 5.41) is 3.05. The van der Waals surface area contributed by atoms with Gasteiger partial charge in [0.1, 0.15) is 0 Å². The molecule has 120 valence electrons. The predicted molar refractivity (Wildman–Crippen MR) is 102 cm³/mol. The fourth-order valence-electron chi connectivity index (χ4n) is 2.35. The highest BCUT2D eigenvalue weighted by molar-refractivity contribution is 8.00. The van der Waals surface area contributed by atoms with Gasteiger partial charge in [0.25, 0.3) is 0 Å². The maximum Gasteiger partial charge on any atom is 0.234 e. The fourth-order valence-corrected chi connectivity index (χ4v) is 2.95. The molecule has 1 amide bonds. The summed E-state index contributed by atoms with van der Waals surface area (Å²) in [5.74, 6) is 1.36. The molecular weight excluding hydrogens is 302 g/mol. The van der Waals surface area contributed by atoms with Crippen LogP contribution in [0.5, 0.6) is 0 Å². The summed E-state index contributed by atoms with van der Waals surface area (Å²) in [5.41, 5.74) is 4.46. The molecule has 1 N–H and O–H groups in total. The van der Waals surface area contributed by atoms with Gasteiger partial charge in [0.15, 0.2) is 0 Å². The standard InChI is InChI=1S/C20H23NOS/c1-3-18-13-7-9-16(2)20(18)21-19(22)15-23-14-8-12-17-10-5-4-6-11-17/h4-13H,3,14-15H2,1-2H3,(H,21,22)/b12-8+. The second kappa shape index (κ2) is 9.21. The number of thioether (sulfide) groups is 1. The van der Waals surface area contributed by atoms with Crippen molar-refractivity contribution in [2.24, 2.45) is 0 Å². The second-order valence-electron chi connectivity index (χ2n) is 5.34. The molecule has 2 nitrogen and oxygen atoms in total. The molecule has 2 rings (SSSR count). The maximum atomic E-state index is 12.1. The minimum Gasteiger partial charge on any atom is -0.325 e. The van der Waals surface area contributed by atoms with Crippen LogP contribution in [0.25, 0.3) is 6.08 Å². The quantitative estimate of drug-likeness (QED) is 0.730. The number of nitrogens with one attached hydrogen (secondary N) is 1. The molecule has 0 aromatic heterocycles. The van der Waals surface area contributed by atoms with Crippen molar-refractivity contribution in [3.8, 4) is 0 Å². The van der Waals surface area contributed by atoms with Crippen molar-refractivity contribution in [3.05, 3.63) is 71.3 Å². The maximum absolute atomic E-state index is 12.1. The minimum absolute atomic E-state index is 0.0621. The molecule has 0 atom stereocenters. The molecule has 0 bridgehead atoms. The van der Waals surface area contributed by atoms with Crippen molar-refractivity contribution in [2.45, 2.75) is 20.3 Å². The van der Waals surface area contributed by atoms with E-state index in [1.807, 2.05) is 37.3 Å². The summed E-state index contributed by atoms with van der Waals surface area (Å²) in [6, 6.07) is 16.3. The molecule has 0 saturated carbocycles. The van der Waals surface area contributed by atoms with Crippen molar-refractivity contribution in [1.82, 2.24) is 0 Å². The zero-order chi connectivity index (χ0) is 16.5. The van der Waals surface area contributed by atoms with E-state index >= 15 is 0 Å². The summed E-state index contributed by atoms with van der Waals surface area (Å²) >= 11 is 1.62. The lowest BCUT2D eigenvalue weighted by Gasteiger charge is -2.12. The monoisotopic (exact) mass is 325 g/mol. The summed E-state index contributed by atoms with van der Waals surface area (Å²) in [4.78, 5) is 12.1. The highest BCUT2D eigenvalue weighted by atomic mass is 32.2. The molecule has 0 heterocycles. The Morgan fingerprint density at radius 1 is 1.13 bits per heavy atom. The highest BCUT2D eigenvalue weighted by Gasteiger charge is 2.08. The van der Waals surface area contributed by atoms with Gasteiger partial charge in [-0.15, -0.1) is 11.8 Å². The predicted octanol–water partition coefficient (Wildman–Crippen LogP) is 4.94. The first kappa shape index (κ1) is 17.4. The third-order valence-corrected chi connectivity index (χ3v) is 4.46. The van der Waals surface area contributed by atoms with Crippen LogP contribution < -0.4 is 5.32 Å². The zero-order valence-corrected chi connectivity index (χ0v) is 14.5. The fraction of sp³-hybridized carbons (Fsp3) is 0.250. The van der Waals surface area contributed by atoms with Gasteiger partial charge in [-0.05, 0) is 30.0 Å². The smallest absolute Gasteiger partial charge is 0.234 e. The van der Waals surface area contributed by atoms with Crippen LogP contribution in [-0.4, -0.2) is 17.4 Å². The van der Waals surface area contributed by atoms with Crippen molar-refractivity contribution in [3.63, 3.8) is 0 Å². The molecule has 0 aliphatic heterocycles. The van der Waals surface area contributed by atoms with Gasteiger partial charge in [0, 0.05) is 11.4 Å². The van der Waals surface area contributed by atoms with Crippen LogP contribution in [0.1, 0.15) is 23.6 Å². The van der Waals surface area contributed by atoms with E-state index in [1.54, 1.807) is 11.8 Å². The first-order chi connectivity index (χ1) is 11.2. The van der Waals surface area contributed by atoms with Gasteiger partial charge in [-0.1, -0.05) is 67.6 Å². The average Bonchev–Trinajstić information content (AvgIpc) is 2.57. The Kier molecular flexibility index (Phi) is 6.95. The summed E-state index contributed by atoms with van der Waals surface area (Å²) in [6.45, 7) is 4.14. The van der Waals surface area contributed by atoms with Gasteiger partial charge in [0.05, 0.1) is 5.75 Å². The topological polar surface area (TPSA) is 29.1 Å². The summed E-state index contributed by atoms with van der Waals surface area (Å²) < 4.78 is 0. The molecule has 0 spiro atoms. The van der Waals surface area contributed by atoms with Crippen LogP contribution >= 0.6 is 11.8 Å². The van der Waals surface area contributed by atoms with E-state index in [4.69, 9.17) is 0 Å². The Balaban J connectivity index is 1.79. The Labute approximate surface area is 143 Å². The van der Waals surface area contributed by atoms with Crippen molar-refractivity contribution >= 4 is 29.4 Å². The van der Waals surface area contributed by atoms with E-state index in [2.05, 4.69) is 42.6 Å². The minimum atomic E-state index is 0.0621. The molecule has 0 radical (unpaired) electrons. The normalized spacial score (nSPS) is 10.9. The van der Waals surface area contributed by atoms with E-state index in [-0.39, 0.29) is 5.91 Å². The molecule has 0 unspecified atom stereocenters. The van der Waals surface area contributed by atoms with Gasteiger partial charge < -0.3 is 5.32 Å². The number of carbonyl (C=O) groups excluding carboxylic acids is 1. The van der Waals surface area contributed by atoms with Crippen molar-refractivity contribution in [1.29, 1.82) is 0 Å². The number of rotatable bonds is 7. The van der Waals surface area contributed by atoms with Crippen LogP contribution in [0.3, 0.4) is 0 Å². The molecule has 2 aromatic carbocycles. The number of carbonyl (C=O) groups is 1. The molecule has 0 saturated heterocycles. The lowest BCUT2D eigenvalue weighted by molar-refractivity contribution is -0.113. The zero-order valence-electron chi connectivity index (χ0n) is 13.7. The summed E-state index contributed by atoms with van der Waals surface area (Å²) in [6.07, 6.45) is 5.10. The highest BCUT2D eigenvalue weighted by Crippen LogP contribution is 2.21. The van der Waals surface area contributed by atoms with Gasteiger partial charge in [-0.3, -0.25) is 4.79 Å². The first-order valence-corrected chi connectivity index (χ1v) is 9.04. The SMILES string of the molecule is CCc1cccc(C)c1NC(=O)CSC/C=C/c1ccccc1. The number of aryl methyl sites for hydroxylation is 2. The van der Waals surface area contributed by atoms with Crippen molar-refractivity contribution < 1.29 is 4.79 Å². The molecule has 3 heteroatoms. The Hall–Kier alpha value is -2.00. The second-order valence-corrected chi connectivity index (χ2v) is 6.37. The van der Waals surface area contributed by atoms with Crippen molar-refractivity contribution in [2.75, 3.05) is 16.8 Å². The number of hydrogen-bond donors (Lipinski definition) is 1. The van der Waals surface area contributed by atoms with E-state index in [0.29, 0.717) is 5.75 Å². The number of amides is 1. The third kappa shape index (κ3) is 5.61. The van der Waals surface area contributed by atoms with Gasteiger partial charge >= 0.3 is 0 Å². The van der Waals surface area contributed by atoms with E-state index in [1.165, 1.54) is 11.1 Å². The van der Waals surface area contributed by atoms with Crippen LogP contribution in [0, 0.1) is 6.92 Å². The summed E-state index contributed by atoms with van der Waals surface area (Å²) in [7, 11) is 0. The number of hydrogen-bond acceptors (Lipinski definition) is 2. The average molecular weight is 325 g/mol. The van der Waals surface area contributed by atoms with Crippen LogP contribution in [0.15, 0.2) is 54.6 Å². The van der Waals surface area contributed by atoms with Gasteiger partial charge in [-0.2, -0.15) is 0 Å². The number of benzene rings is 2. The van der Waals surface area contributed by atoms with Gasteiger partial charge in [0.2, 0.25) is 5.91 Å².